The Balaban J connectivity index is 2.10. The van der Waals surface area contributed by atoms with Crippen molar-refractivity contribution in [3.8, 4) is 0 Å². The van der Waals surface area contributed by atoms with E-state index in [1.54, 1.807) is 0 Å². The summed E-state index contributed by atoms with van der Waals surface area (Å²) >= 11 is 0. The molecule has 16 heavy (non-hydrogen) atoms. The molecule has 0 spiro atoms. The molecule has 4 nitrogen and oxygen atoms in total. The summed E-state index contributed by atoms with van der Waals surface area (Å²) in [5, 5.41) is 3.93. The van der Waals surface area contributed by atoms with Gasteiger partial charge in [-0.1, -0.05) is 20.8 Å². The predicted octanol–water partition coefficient (Wildman–Crippen LogP) is 2.10. The third-order valence-electron chi connectivity index (χ3n) is 5.29. The molecule has 3 N–H and O–H groups in total. The number of fused-ring (bicyclic) bond motifs is 2. The second kappa shape index (κ2) is 3.47. The summed E-state index contributed by atoms with van der Waals surface area (Å²) < 4.78 is 0. The lowest BCUT2D eigenvalue weighted by Gasteiger charge is -2.37. The molecule has 0 aromatic carbocycles. The monoisotopic (exact) mass is 223 g/mol. The molecule has 90 valence electrons. The van der Waals surface area contributed by atoms with Gasteiger partial charge in [0.05, 0.1) is 0 Å². The summed E-state index contributed by atoms with van der Waals surface area (Å²) in [6.07, 6.45) is 5.66. The Morgan fingerprint density at radius 2 is 2.19 bits per heavy atom. The maximum atomic E-state index is 10.5. The van der Waals surface area contributed by atoms with Crippen LogP contribution in [0.1, 0.15) is 40.0 Å². The lowest BCUT2D eigenvalue weighted by atomic mass is 9.67. The SMILES string of the molecule is CC1(C)C2CCC1(C)C(C=NNC(N)=O)C2. The summed E-state index contributed by atoms with van der Waals surface area (Å²) in [6, 6.07) is -0.594. The molecule has 2 fully saturated rings. The largest absolute Gasteiger partial charge is 0.350 e. The van der Waals surface area contributed by atoms with E-state index in [-0.39, 0.29) is 0 Å². The van der Waals surface area contributed by atoms with Crippen molar-refractivity contribution in [2.24, 2.45) is 33.5 Å². The van der Waals surface area contributed by atoms with Gasteiger partial charge in [-0.15, -0.1) is 0 Å². The Morgan fingerprint density at radius 1 is 1.50 bits per heavy atom. The van der Waals surface area contributed by atoms with Crippen molar-refractivity contribution in [3.63, 3.8) is 0 Å². The number of urea groups is 1. The number of primary amides is 1. The van der Waals surface area contributed by atoms with Crippen LogP contribution in [0.25, 0.3) is 0 Å². The van der Waals surface area contributed by atoms with E-state index >= 15 is 0 Å². The molecule has 2 aliphatic carbocycles. The number of nitrogens with two attached hydrogens (primary N) is 1. The zero-order chi connectivity index (χ0) is 12.0. The van der Waals surface area contributed by atoms with E-state index in [9.17, 15) is 4.79 Å². The van der Waals surface area contributed by atoms with Crippen LogP contribution in [-0.2, 0) is 0 Å². The smallest absolute Gasteiger partial charge is 0.332 e. The van der Waals surface area contributed by atoms with Gasteiger partial charge in [-0.3, -0.25) is 0 Å². The van der Waals surface area contributed by atoms with Crippen molar-refractivity contribution < 1.29 is 4.79 Å². The van der Waals surface area contributed by atoms with Gasteiger partial charge < -0.3 is 5.73 Å². The first-order valence-corrected chi connectivity index (χ1v) is 5.96. The Morgan fingerprint density at radius 3 is 2.62 bits per heavy atom. The van der Waals surface area contributed by atoms with Crippen LogP contribution in [0.3, 0.4) is 0 Å². The number of carbonyl (C=O) groups is 1. The number of rotatable bonds is 2. The van der Waals surface area contributed by atoms with Crippen LogP contribution in [0.5, 0.6) is 0 Å². The second-order valence-corrected chi connectivity index (χ2v) is 5.97. The molecule has 3 unspecified atom stereocenters. The number of nitrogens with zero attached hydrogens (tertiary/aromatic N) is 1. The minimum absolute atomic E-state index is 0.320. The zero-order valence-electron chi connectivity index (χ0n) is 10.3. The van der Waals surface area contributed by atoms with E-state index < -0.39 is 6.03 Å². The molecule has 0 saturated heterocycles. The van der Waals surface area contributed by atoms with Crippen LogP contribution in [0.2, 0.25) is 0 Å². The molecule has 0 heterocycles. The summed E-state index contributed by atoms with van der Waals surface area (Å²) in [4.78, 5) is 10.5. The number of hydrogen-bond donors (Lipinski definition) is 2. The van der Waals surface area contributed by atoms with Crippen molar-refractivity contribution in [2.45, 2.75) is 40.0 Å². The van der Waals surface area contributed by atoms with E-state index in [1.807, 2.05) is 6.21 Å². The van der Waals surface area contributed by atoms with Gasteiger partial charge in [0, 0.05) is 12.1 Å². The fourth-order valence-corrected chi connectivity index (χ4v) is 3.68. The summed E-state index contributed by atoms with van der Waals surface area (Å²) in [5.74, 6) is 1.26. The first kappa shape index (κ1) is 11.4. The van der Waals surface area contributed by atoms with Crippen LogP contribution in [-0.4, -0.2) is 12.2 Å². The number of nitrogens with one attached hydrogen (secondary N) is 1. The highest BCUT2D eigenvalue weighted by Gasteiger charge is 2.60. The maximum absolute atomic E-state index is 10.5. The molecular weight excluding hydrogens is 202 g/mol. The average molecular weight is 223 g/mol. The summed E-state index contributed by atoms with van der Waals surface area (Å²) in [7, 11) is 0. The molecule has 0 aromatic heterocycles. The van der Waals surface area contributed by atoms with Gasteiger partial charge in [-0.25, -0.2) is 10.2 Å². The highest BCUT2D eigenvalue weighted by molar-refractivity contribution is 5.73. The summed E-state index contributed by atoms with van der Waals surface area (Å²) in [6.45, 7) is 7.07. The van der Waals surface area contributed by atoms with Crippen LogP contribution < -0.4 is 11.2 Å². The number of amides is 2. The molecule has 0 radical (unpaired) electrons. The van der Waals surface area contributed by atoms with Gasteiger partial charge in [-0.2, -0.15) is 5.10 Å². The van der Waals surface area contributed by atoms with Crippen molar-refractivity contribution >= 4 is 12.2 Å². The van der Waals surface area contributed by atoms with Crippen molar-refractivity contribution in [2.75, 3.05) is 0 Å². The molecule has 2 amide bonds. The lowest BCUT2D eigenvalue weighted by Crippen LogP contribution is -2.33. The molecule has 2 saturated carbocycles. The minimum Gasteiger partial charge on any atom is -0.350 e. The molecular formula is C12H21N3O. The normalized spacial score (nSPS) is 40.4. The maximum Gasteiger partial charge on any atom is 0.332 e. The zero-order valence-corrected chi connectivity index (χ0v) is 10.3. The summed E-state index contributed by atoms with van der Waals surface area (Å²) in [5.41, 5.74) is 7.97. The van der Waals surface area contributed by atoms with Crippen LogP contribution in [0.15, 0.2) is 5.10 Å². The molecule has 2 rings (SSSR count). The predicted molar refractivity (Wildman–Crippen MR) is 63.9 cm³/mol. The van der Waals surface area contributed by atoms with Gasteiger partial charge in [0.1, 0.15) is 0 Å². The third-order valence-corrected chi connectivity index (χ3v) is 5.29. The van der Waals surface area contributed by atoms with Gasteiger partial charge in [-0.05, 0) is 36.0 Å². The molecule has 0 aromatic rings. The van der Waals surface area contributed by atoms with Crippen molar-refractivity contribution in [3.05, 3.63) is 0 Å². The van der Waals surface area contributed by atoms with E-state index in [0.29, 0.717) is 16.7 Å². The number of hydrogen-bond acceptors (Lipinski definition) is 2. The fourth-order valence-electron chi connectivity index (χ4n) is 3.68. The van der Waals surface area contributed by atoms with Gasteiger partial charge >= 0.3 is 6.03 Å². The average Bonchev–Trinajstić information content (AvgIpc) is 2.49. The Kier molecular flexibility index (Phi) is 2.48. The Labute approximate surface area is 96.7 Å². The fraction of sp³-hybridized carbons (Fsp3) is 0.833. The standard InChI is InChI=1S/C12H21N3O/c1-11(2)8-4-5-12(11,3)9(6-8)7-14-15-10(13)16/h7-9H,4-6H2,1-3H3,(H3,13,15,16). The second-order valence-electron chi connectivity index (χ2n) is 5.97. The van der Waals surface area contributed by atoms with Crippen LogP contribution in [0, 0.1) is 22.7 Å². The van der Waals surface area contributed by atoms with Crippen molar-refractivity contribution in [1.29, 1.82) is 0 Å². The van der Waals surface area contributed by atoms with E-state index in [4.69, 9.17) is 5.73 Å². The van der Waals surface area contributed by atoms with Gasteiger partial charge in [0.25, 0.3) is 0 Å². The van der Waals surface area contributed by atoms with Gasteiger partial charge in [0.15, 0.2) is 0 Å². The van der Waals surface area contributed by atoms with E-state index in [1.165, 1.54) is 19.3 Å². The van der Waals surface area contributed by atoms with Crippen LogP contribution in [0.4, 0.5) is 4.79 Å². The first-order chi connectivity index (χ1) is 7.38. The molecule has 2 aliphatic rings. The Hall–Kier alpha value is -1.06. The number of carbonyl (C=O) groups excluding carboxylic acids is 1. The molecule has 4 heteroatoms. The van der Waals surface area contributed by atoms with Crippen LogP contribution >= 0.6 is 0 Å². The van der Waals surface area contributed by atoms with E-state index in [0.717, 1.165) is 5.92 Å². The lowest BCUT2D eigenvalue weighted by molar-refractivity contribution is 0.132. The highest BCUT2D eigenvalue weighted by Crippen LogP contribution is 2.67. The van der Waals surface area contributed by atoms with Gasteiger partial charge in [0.2, 0.25) is 0 Å². The topological polar surface area (TPSA) is 67.5 Å². The van der Waals surface area contributed by atoms with Crippen molar-refractivity contribution in [1.82, 2.24) is 5.43 Å². The quantitative estimate of drug-likeness (QED) is 0.546. The molecule has 2 bridgehead atoms. The molecule has 3 atom stereocenters. The third kappa shape index (κ3) is 1.43. The Bertz CT molecular complexity index is 337. The highest BCUT2D eigenvalue weighted by atomic mass is 16.2. The van der Waals surface area contributed by atoms with E-state index in [2.05, 4.69) is 31.3 Å². The minimum atomic E-state index is -0.594. The molecule has 0 aliphatic heterocycles. The number of hydrazone groups is 1. The first-order valence-electron chi connectivity index (χ1n) is 5.96.